The number of nitrogens with one attached hydrogen (secondary N) is 2. The van der Waals surface area contributed by atoms with E-state index >= 15 is 0 Å². The Morgan fingerprint density at radius 2 is 2.37 bits per heavy atom. The van der Waals surface area contributed by atoms with Gasteiger partial charge in [0.25, 0.3) is 0 Å². The lowest BCUT2D eigenvalue weighted by molar-refractivity contribution is -0.120. The molecule has 0 aromatic heterocycles. The van der Waals surface area contributed by atoms with Crippen molar-refractivity contribution in [2.45, 2.75) is 25.3 Å². The van der Waals surface area contributed by atoms with Crippen LogP contribution in [0.1, 0.15) is 24.8 Å². The van der Waals surface area contributed by atoms with E-state index in [1.165, 1.54) is 0 Å². The third-order valence-corrected chi connectivity index (χ3v) is 3.20. The Morgan fingerprint density at radius 3 is 3.11 bits per heavy atom. The summed E-state index contributed by atoms with van der Waals surface area (Å²) >= 11 is 0. The number of hydrogen-bond donors (Lipinski definition) is 2. The Morgan fingerprint density at radius 1 is 1.53 bits per heavy atom. The van der Waals surface area contributed by atoms with Gasteiger partial charge < -0.3 is 15.4 Å². The first-order valence-electron chi connectivity index (χ1n) is 6.35. The van der Waals surface area contributed by atoms with Gasteiger partial charge in [-0.1, -0.05) is 6.07 Å². The number of nitrogens with zero attached hydrogens (tertiary/aromatic N) is 1. The summed E-state index contributed by atoms with van der Waals surface area (Å²) in [7, 11) is 1.57. The lowest BCUT2D eigenvalue weighted by atomic mass is 10.1. The number of hydrogen-bond acceptors (Lipinski definition) is 4. The van der Waals surface area contributed by atoms with E-state index in [9.17, 15) is 4.79 Å². The number of methoxy groups -OCH3 is 1. The smallest absolute Gasteiger partial charge is 0.222 e. The maximum absolute atomic E-state index is 11.5. The Labute approximate surface area is 112 Å². The zero-order valence-corrected chi connectivity index (χ0v) is 10.9. The first-order chi connectivity index (χ1) is 9.24. The molecule has 1 amide bonds. The molecule has 1 fully saturated rings. The van der Waals surface area contributed by atoms with Gasteiger partial charge in [-0.05, 0) is 25.0 Å². The molecule has 0 bridgehead atoms. The van der Waals surface area contributed by atoms with Crippen molar-refractivity contribution in [3.63, 3.8) is 0 Å². The minimum absolute atomic E-state index is 0.0332. The third kappa shape index (κ3) is 3.16. The molecule has 19 heavy (non-hydrogen) atoms. The molecule has 0 aliphatic carbocycles. The fraction of sp³-hybridized carbons (Fsp3) is 0.429. The highest BCUT2D eigenvalue weighted by Gasteiger charge is 2.19. The van der Waals surface area contributed by atoms with Crippen molar-refractivity contribution in [2.75, 3.05) is 19.0 Å². The van der Waals surface area contributed by atoms with Gasteiger partial charge in [-0.3, -0.25) is 4.79 Å². The average molecular weight is 259 g/mol. The summed E-state index contributed by atoms with van der Waals surface area (Å²) < 4.78 is 5.27. The predicted molar refractivity (Wildman–Crippen MR) is 72.0 cm³/mol. The quantitative estimate of drug-likeness (QED) is 0.865. The van der Waals surface area contributed by atoms with Crippen molar-refractivity contribution in [3.8, 4) is 11.8 Å². The van der Waals surface area contributed by atoms with Gasteiger partial charge in [0.1, 0.15) is 11.8 Å². The van der Waals surface area contributed by atoms with Crippen LogP contribution in [0.3, 0.4) is 0 Å². The van der Waals surface area contributed by atoms with Gasteiger partial charge in [0.15, 0.2) is 0 Å². The minimum Gasteiger partial charge on any atom is -0.495 e. The SMILES string of the molecule is COc1cccc(C#N)c1NC1CCCNC(=O)C1. The Bertz CT molecular complexity index is 508. The van der Waals surface area contributed by atoms with E-state index in [1.807, 2.05) is 0 Å². The van der Waals surface area contributed by atoms with E-state index in [0.29, 0.717) is 30.0 Å². The van der Waals surface area contributed by atoms with Crippen molar-refractivity contribution >= 4 is 11.6 Å². The van der Waals surface area contributed by atoms with Gasteiger partial charge in [-0.15, -0.1) is 0 Å². The second-order valence-electron chi connectivity index (χ2n) is 4.53. The lowest BCUT2D eigenvalue weighted by Gasteiger charge is -2.19. The van der Waals surface area contributed by atoms with Crippen molar-refractivity contribution in [2.24, 2.45) is 0 Å². The van der Waals surface area contributed by atoms with E-state index in [2.05, 4.69) is 16.7 Å². The van der Waals surface area contributed by atoms with Crippen LogP contribution in [0, 0.1) is 11.3 Å². The molecule has 1 heterocycles. The molecule has 5 heteroatoms. The molecule has 5 nitrogen and oxygen atoms in total. The average Bonchev–Trinajstić information content (AvgIpc) is 2.63. The topological polar surface area (TPSA) is 74.2 Å². The highest BCUT2D eigenvalue weighted by atomic mass is 16.5. The van der Waals surface area contributed by atoms with Crippen LogP contribution in [0.4, 0.5) is 5.69 Å². The van der Waals surface area contributed by atoms with Crippen LogP contribution in [0.25, 0.3) is 0 Å². The molecule has 1 unspecified atom stereocenters. The minimum atomic E-state index is 0.0332. The maximum atomic E-state index is 11.5. The van der Waals surface area contributed by atoms with Gasteiger partial charge >= 0.3 is 0 Å². The molecule has 2 rings (SSSR count). The van der Waals surface area contributed by atoms with E-state index in [-0.39, 0.29) is 11.9 Å². The number of nitriles is 1. The summed E-state index contributed by atoms with van der Waals surface area (Å²) in [6.45, 7) is 0.716. The van der Waals surface area contributed by atoms with Gasteiger partial charge in [0, 0.05) is 19.0 Å². The standard InChI is InChI=1S/C14H17N3O2/c1-19-12-6-2-4-10(9-15)14(12)17-11-5-3-7-16-13(18)8-11/h2,4,6,11,17H,3,5,7-8H2,1H3,(H,16,18). The first kappa shape index (κ1) is 13.2. The van der Waals surface area contributed by atoms with E-state index < -0.39 is 0 Å². The van der Waals surface area contributed by atoms with E-state index in [0.717, 1.165) is 12.8 Å². The van der Waals surface area contributed by atoms with Gasteiger partial charge in [-0.25, -0.2) is 0 Å². The van der Waals surface area contributed by atoms with Gasteiger partial charge in [-0.2, -0.15) is 5.26 Å². The fourth-order valence-corrected chi connectivity index (χ4v) is 2.24. The number of ether oxygens (including phenoxy) is 1. The number of anilines is 1. The Kier molecular flexibility index (Phi) is 4.24. The molecular weight excluding hydrogens is 242 g/mol. The highest BCUT2D eigenvalue weighted by molar-refractivity contribution is 5.78. The number of rotatable bonds is 3. The normalized spacial score (nSPS) is 18.9. The summed E-state index contributed by atoms with van der Waals surface area (Å²) in [4.78, 5) is 11.5. The van der Waals surface area contributed by atoms with Crippen molar-refractivity contribution in [3.05, 3.63) is 23.8 Å². The Balaban J connectivity index is 2.22. The van der Waals surface area contributed by atoms with Crippen LogP contribution in [0.2, 0.25) is 0 Å². The van der Waals surface area contributed by atoms with Gasteiger partial charge in [0.2, 0.25) is 5.91 Å². The van der Waals surface area contributed by atoms with Crippen LogP contribution < -0.4 is 15.4 Å². The van der Waals surface area contributed by atoms with Crippen molar-refractivity contribution < 1.29 is 9.53 Å². The molecule has 1 aliphatic heterocycles. The highest BCUT2D eigenvalue weighted by Crippen LogP contribution is 2.29. The number of carbonyl (C=O) groups is 1. The number of carbonyl (C=O) groups excluding carboxylic acids is 1. The number of para-hydroxylation sites is 1. The van der Waals surface area contributed by atoms with Gasteiger partial charge in [0.05, 0.1) is 18.4 Å². The van der Waals surface area contributed by atoms with Crippen LogP contribution in [-0.2, 0) is 4.79 Å². The zero-order valence-electron chi connectivity index (χ0n) is 10.9. The molecule has 1 aromatic rings. The summed E-state index contributed by atoms with van der Waals surface area (Å²) in [5, 5.41) is 15.3. The molecule has 0 saturated carbocycles. The van der Waals surface area contributed by atoms with Crippen LogP contribution in [0.5, 0.6) is 5.75 Å². The van der Waals surface area contributed by atoms with E-state index in [4.69, 9.17) is 10.00 Å². The monoisotopic (exact) mass is 259 g/mol. The summed E-state index contributed by atoms with van der Waals surface area (Å²) in [6.07, 6.45) is 2.24. The molecule has 2 N–H and O–H groups in total. The zero-order chi connectivity index (χ0) is 13.7. The molecule has 1 saturated heterocycles. The molecular formula is C14H17N3O2. The van der Waals surface area contributed by atoms with Crippen LogP contribution in [-0.4, -0.2) is 25.6 Å². The third-order valence-electron chi connectivity index (χ3n) is 3.20. The largest absolute Gasteiger partial charge is 0.495 e. The first-order valence-corrected chi connectivity index (χ1v) is 6.35. The second kappa shape index (κ2) is 6.10. The Hall–Kier alpha value is -2.22. The predicted octanol–water partition coefficient (Wildman–Crippen LogP) is 1.65. The lowest BCUT2D eigenvalue weighted by Crippen LogP contribution is -2.27. The number of benzene rings is 1. The molecule has 1 aliphatic rings. The molecule has 0 radical (unpaired) electrons. The summed E-state index contributed by atoms with van der Waals surface area (Å²) in [6, 6.07) is 7.50. The molecule has 1 atom stereocenters. The fourth-order valence-electron chi connectivity index (χ4n) is 2.24. The summed E-state index contributed by atoms with van der Waals surface area (Å²) in [5.41, 5.74) is 1.20. The summed E-state index contributed by atoms with van der Waals surface area (Å²) in [5.74, 6) is 0.673. The van der Waals surface area contributed by atoms with E-state index in [1.54, 1.807) is 25.3 Å². The number of amides is 1. The van der Waals surface area contributed by atoms with Crippen molar-refractivity contribution in [1.29, 1.82) is 5.26 Å². The van der Waals surface area contributed by atoms with Crippen molar-refractivity contribution in [1.82, 2.24) is 5.32 Å². The maximum Gasteiger partial charge on any atom is 0.222 e. The van der Waals surface area contributed by atoms with Crippen LogP contribution in [0.15, 0.2) is 18.2 Å². The second-order valence-corrected chi connectivity index (χ2v) is 4.53. The molecule has 1 aromatic carbocycles. The molecule has 100 valence electrons. The van der Waals surface area contributed by atoms with Crippen LogP contribution >= 0.6 is 0 Å². The molecule has 0 spiro atoms.